The van der Waals surface area contributed by atoms with Gasteiger partial charge in [0.25, 0.3) is 10.0 Å². The topological polar surface area (TPSA) is 148 Å². The molecule has 10 nitrogen and oxygen atoms in total. The van der Waals surface area contributed by atoms with Gasteiger partial charge in [-0.25, -0.2) is 12.4 Å². The molecule has 0 fully saturated rings. The van der Waals surface area contributed by atoms with Gasteiger partial charge >= 0.3 is 0 Å². The largest absolute Gasteiger partial charge is 0.504 e. The zero-order valence-corrected chi connectivity index (χ0v) is 18.2. The van der Waals surface area contributed by atoms with Crippen LogP contribution in [-0.2, 0) is 10.0 Å². The highest BCUT2D eigenvalue weighted by Crippen LogP contribution is 2.23. The molecular formula is C21H14ClN5O5S. The van der Waals surface area contributed by atoms with E-state index >= 15 is 0 Å². The van der Waals surface area contributed by atoms with Gasteiger partial charge in [0.15, 0.2) is 11.5 Å². The van der Waals surface area contributed by atoms with Crippen LogP contribution < -0.4 is 0 Å². The number of rotatable bonds is 7. The molecule has 0 saturated heterocycles. The van der Waals surface area contributed by atoms with E-state index in [0.717, 1.165) is 22.3 Å². The lowest BCUT2D eigenvalue weighted by atomic mass is 10.1. The molecule has 0 aliphatic heterocycles. The predicted octanol–water partition coefficient (Wildman–Crippen LogP) is 2.90. The molecule has 2 aromatic heterocycles. The number of aromatic nitrogens is 5. The van der Waals surface area contributed by atoms with Crippen molar-refractivity contribution in [2.75, 3.05) is 0 Å². The number of carbonyl (C=O) groups excluding carboxylic acids is 2. The van der Waals surface area contributed by atoms with Crippen LogP contribution in [-0.4, -0.2) is 49.7 Å². The summed E-state index contributed by atoms with van der Waals surface area (Å²) in [5, 5.41) is 22.9. The van der Waals surface area contributed by atoms with Crippen LogP contribution in [0.1, 0.15) is 32.2 Å². The molecule has 0 spiro atoms. The van der Waals surface area contributed by atoms with Crippen LogP contribution in [0.2, 0.25) is 5.02 Å². The van der Waals surface area contributed by atoms with E-state index < -0.39 is 27.3 Å². The van der Waals surface area contributed by atoms with E-state index in [0.29, 0.717) is 5.02 Å². The van der Waals surface area contributed by atoms with Gasteiger partial charge in [-0.15, -0.1) is 10.2 Å². The van der Waals surface area contributed by atoms with E-state index in [-0.39, 0.29) is 27.5 Å². The predicted molar refractivity (Wildman–Crippen MR) is 117 cm³/mol. The summed E-state index contributed by atoms with van der Waals surface area (Å²) < 4.78 is 27.3. The van der Waals surface area contributed by atoms with Gasteiger partial charge in [0.05, 0.1) is 4.90 Å². The molecule has 12 heteroatoms. The average Bonchev–Trinajstić information content (AvgIpc) is 3.50. The Balaban J connectivity index is 1.83. The molecule has 0 aliphatic carbocycles. The Bertz CT molecular complexity index is 1460. The van der Waals surface area contributed by atoms with Crippen LogP contribution in [0, 0.1) is 0 Å². The summed E-state index contributed by atoms with van der Waals surface area (Å²) in [7, 11) is -4.26. The van der Waals surface area contributed by atoms with Crippen molar-refractivity contribution < 1.29 is 23.1 Å². The second-order valence-electron chi connectivity index (χ2n) is 6.69. The van der Waals surface area contributed by atoms with Crippen molar-refractivity contribution in [3.63, 3.8) is 0 Å². The maximum Gasteiger partial charge on any atom is 0.268 e. The minimum atomic E-state index is -4.26. The van der Waals surface area contributed by atoms with Gasteiger partial charge < -0.3 is 5.11 Å². The molecule has 4 aromatic rings. The first-order valence-electron chi connectivity index (χ1n) is 9.29. The molecule has 2 aromatic carbocycles. The SMILES string of the molecule is O=C(C=C(O)c1nn[nH]n1)c1cc(C(=O)c2ccccc2)n(S(=O)(=O)c2ccc(Cl)cc2)c1. The zero-order valence-electron chi connectivity index (χ0n) is 16.6. The molecule has 0 unspecified atom stereocenters. The van der Waals surface area contributed by atoms with Crippen LogP contribution in [0.25, 0.3) is 5.76 Å². The number of aromatic amines is 1. The Kier molecular flexibility index (Phi) is 5.90. The number of benzene rings is 2. The number of nitrogens with zero attached hydrogens (tertiary/aromatic N) is 4. The Morgan fingerprint density at radius 3 is 2.36 bits per heavy atom. The minimum absolute atomic E-state index is 0.131. The van der Waals surface area contributed by atoms with E-state index in [1.54, 1.807) is 18.2 Å². The van der Waals surface area contributed by atoms with Crippen molar-refractivity contribution >= 4 is 38.9 Å². The summed E-state index contributed by atoms with van der Waals surface area (Å²) in [5.41, 5.74) is -0.179. The number of hydrogen-bond acceptors (Lipinski definition) is 8. The normalized spacial score (nSPS) is 12.0. The van der Waals surface area contributed by atoms with Gasteiger partial charge in [-0.05, 0) is 35.5 Å². The maximum absolute atomic E-state index is 13.3. The number of carbonyl (C=O) groups is 2. The van der Waals surface area contributed by atoms with E-state index in [9.17, 15) is 23.1 Å². The van der Waals surface area contributed by atoms with Crippen molar-refractivity contribution in [2.45, 2.75) is 4.90 Å². The summed E-state index contributed by atoms with van der Waals surface area (Å²) in [4.78, 5) is 25.7. The average molecular weight is 484 g/mol. The fourth-order valence-corrected chi connectivity index (χ4v) is 4.42. The smallest absolute Gasteiger partial charge is 0.268 e. The van der Waals surface area contributed by atoms with Crippen LogP contribution in [0.15, 0.2) is 77.8 Å². The number of aliphatic hydroxyl groups excluding tert-OH is 1. The Labute approximate surface area is 192 Å². The van der Waals surface area contributed by atoms with Crippen molar-refractivity contribution in [3.8, 4) is 0 Å². The molecule has 4 rings (SSSR count). The third kappa shape index (κ3) is 4.45. The first-order valence-corrected chi connectivity index (χ1v) is 11.1. The highest BCUT2D eigenvalue weighted by Gasteiger charge is 2.27. The van der Waals surface area contributed by atoms with Gasteiger partial charge in [0.1, 0.15) is 5.69 Å². The third-order valence-corrected chi connectivity index (χ3v) is 6.49. The second-order valence-corrected chi connectivity index (χ2v) is 8.94. The van der Waals surface area contributed by atoms with E-state index in [2.05, 4.69) is 20.6 Å². The van der Waals surface area contributed by atoms with Crippen molar-refractivity contribution in [1.29, 1.82) is 0 Å². The minimum Gasteiger partial charge on any atom is -0.504 e. The number of ketones is 2. The number of allylic oxidation sites excluding steroid dienone is 1. The van der Waals surface area contributed by atoms with E-state index in [1.807, 2.05) is 0 Å². The molecule has 2 heterocycles. The summed E-state index contributed by atoms with van der Waals surface area (Å²) in [5.74, 6) is -2.20. The highest BCUT2D eigenvalue weighted by molar-refractivity contribution is 7.90. The van der Waals surface area contributed by atoms with E-state index in [4.69, 9.17) is 11.6 Å². The fraction of sp³-hybridized carbons (Fsp3) is 0. The fourth-order valence-electron chi connectivity index (χ4n) is 2.94. The lowest BCUT2D eigenvalue weighted by Gasteiger charge is -2.10. The van der Waals surface area contributed by atoms with Crippen molar-refractivity contribution in [1.82, 2.24) is 24.6 Å². The van der Waals surface area contributed by atoms with Gasteiger partial charge in [0, 0.05) is 28.4 Å². The molecule has 0 aliphatic rings. The van der Waals surface area contributed by atoms with Crippen molar-refractivity contribution in [3.05, 3.63) is 101 Å². The summed E-state index contributed by atoms with van der Waals surface area (Å²) in [6.07, 6.45) is 1.82. The Morgan fingerprint density at radius 2 is 1.73 bits per heavy atom. The molecule has 0 bridgehead atoms. The first-order chi connectivity index (χ1) is 15.8. The highest BCUT2D eigenvalue weighted by atomic mass is 35.5. The third-order valence-electron chi connectivity index (χ3n) is 4.55. The van der Waals surface area contributed by atoms with Crippen molar-refractivity contribution in [2.24, 2.45) is 0 Å². The van der Waals surface area contributed by atoms with Gasteiger partial charge in [-0.1, -0.05) is 41.9 Å². The van der Waals surface area contributed by atoms with Gasteiger partial charge in [-0.2, -0.15) is 5.21 Å². The zero-order chi connectivity index (χ0) is 23.6. The summed E-state index contributed by atoms with van der Waals surface area (Å²) in [6.45, 7) is 0. The van der Waals surface area contributed by atoms with Gasteiger partial charge in [0.2, 0.25) is 11.6 Å². The van der Waals surface area contributed by atoms with Gasteiger partial charge in [-0.3, -0.25) is 9.59 Å². The molecule has 0 amide bonds. The molecule has 0 atom stereocenters. The molecule has 33 heavy (non-hydrogen) atoms. The standard InChI is InChI=1S/C21H14ClN5O5S/c22-15-6-8-16(9-7-15)33(31,32)27-12-14(18(28)11-19(29)21-23-25-26-24-21)10-17(27)20(30)13-4-2-1-3-5-13/h1-12,29H,(H,23,24,25,26). The van der Waals surface area contributed by atoms with Crippen LogP contribution >= 0.6 is 11.6 Å². The number of tetrazole rings is 1. The Morgan fingerprint density at radius 1 is 1.03 bits per heavy atom. The Hall–Kier alpha value is -4.09. The molecular weight excluding hydrogens is 470 g/mol. The van der Waals surface area contributed by atoms with E-state index in [1.165, 1.54) is 36.4 Å². The number of aliphatic hydroxyl groups is 1. The molecule has 0 saturated carbocycles. The quantitative estimate of drug-likeness (QED) is 0.231. The molecule has 2 N–H and O–H groups in total. The summed E-state index contributed by atoms with van der Waals surface area (Å²) in [6, 6.07) is 14.5. The number of halogens is 1. The molecule has 166 valence electrons. The lowest BCUT2D eigenvalue weighted by molar-refractivity contribution is 0.103. The number of H-pyrrole nitrogens is 1. The second kappa shape index (κ2) is 8.81. The lowest BCUT2D eigenvalue weighted by Crippen LogP contribution is -2.18. The number of hydrogen-bond donors (Lipinski definition) is 2. The first kappa shape index (κ1) is 22.1. The maximum atomic E-state index is 13.3. The molecule has 0 radical (unpaired) electrons. The van der Waals surface area contributed by atoms with Crippen LogP contribution in [0.4, 0.5) is 0 Å². The monoisotopic (exact) mass is 483 g/mol. The number of nitrogens with one attached hydrogen (secondary N) is 1. The van der Waals surface area contributed by atoms with Crippen LogP contribution in [0.3, 0.4) is 0 Å². The van der Waals surface area contributed by atoms with Crippen LogP contribution in [0.5, 0.6) is 0 Å². The summed E-state index contributed by atoms with van der Waals surface area (Å²) >= 11 is 5.86.